The van der Waals surface area contributed by atoms with Gasteiger partial charge in [0.2, 0.25) is 5.91 Å². The molecule has 0 saturated heterocycles. The third kappa shape index (κ3) is 4.46. The smallest absolute Gasteiger partial charge is 0.254 e. The second-order valence-corrected chi connectivity index (χ2v) is 6.58. The summed E-state index contributed by atoms with van der Waals surface area (Å²) in [7, 11) is 0. The predicted octanol–water partition coefficient (Wildman–Crippen LogP) is 4.90. The Bertz CT molecular complexity index is 900. The summed E-state index contributed by atoms with van der Waals surface area (Å²) >= 11 is 0. The molecular formula is C24H24N2O2. The molecular weight excluding hydrogens is 348 g/mol. The highest BCUT2D eigenvalue weighted by Gasteiger charge is 2.26. The van der Waals surface area contributed by atoms with Crippen LogP contribution in [0.15, 0.2) is 84.9 Å². The monoisotopic (exact) mass is 372 g/mol. The second-order valence-electron chi connectivity index (χ2n) is 6.58. The molecule has 3 aromatic carbocycles. The van der Waals surface area contributed by atoms with Crippen LogP contribution in [-0.4, -0.2) is 23.3 Å². The summed E-state index contributed by atoms with van der Waals surface area (Å²) in [6.07, 6.45) is 0. The Hall–Kier alpha value is -3.40. The van der Waals surface area contributed by atoms with E-state index in [1.807, 2.05) is 72.5 Å². The van der Waals surface area contributed by atoms with Crippen molar-refractivity contribution in [3.05, 3.63) is 102 Å². The second kappa shape index (κ2) is 9.00. The summed E-state index contributed by atoms with van der Waals surface area (Å²) in [5.74, 6) is -0.240. The molecule has 3 rings (SSSR count). The molecule has 0 heterocycles. The van der Waals surface area contributed by atoms with Gasteiger partial charge in [-0.25, -0.2) is 0 Å². The third-order valence-electron chi connectivity index (χ3n) is 4.57. The van der Waals surface area contributed by atoms with Gasteiger partial charge in [-0.2, -0.15) is 0 Å². The number of anilines is 1. The standard InChI is InChI=1S/C24H24N2O2/c1-3-26(24(28)21-15-10-16-22(17-21)25-18(2)27)23(19-11-6-4-7-12-19)20-13-8-5-9-14-20/h4-17,23H,3H2,1-2H3,(H,25,27). The first kappa shape index (κ1) is 19.4. The molecule has 0 atom stereocenters. The largest absolute Gasteiger partial charge is 0.328 e. The molecule has 0 saturated carbocycles. The zero-order valence-electron chi connectivity index (χ0n) is 16.1. The normalized spacial score (nSPS) is 10.5. The van der Waals surface area contributed by atoms with E-state index < -0.39 is 0 Å². The highest BCUT2D eigenvalue weighted by Crippen LogP contribution is 2.30. The van der Waals surface area contributed by atoms with Crippen molar-refractivity contribution in [3.8, 4) is 0 Å². The summed E-state index contributed by atoms with van der Waals surface area (Å²) in [6, 6.07) is 26.9. The van der Waals surface area contributed by atoms with Gasteiger partial charge in [0, 0.05) is 24.7 Å². The molecule has 0 fully saturated rings. The van der Waals surface area contributed by atoms with E-state index in [0.29, 0.717) is 17.8 Å². The Labute approximate surface area is 165 Å². The molecule has 0 aromatic heterocycles. The van der Waals surface area contributed by atoms with Crippen LogP contribution in [0.1, 0.15) is 41.4 Å². The zero-order chi connectivity index (χ0) is 19.9. The van der Waals surface area contributed by atoms with Crippen LogP contribution in [0.2, 0.25) is 0 Å². The molecule has 28 heavy (non-hydrogen) atoms. The quantitative estimate of drug-likeness (QED) is 0.669. The van der Waals surface area contributed by atoms with Crippen LogP contribution < -0.4 is 5.32 Å². The van der Waals surface area contributed by atoms with Gasteiger partial charge in [-0.05, 0) is 36.2 Å². The van der Waals surface area contributed by atoms with E-state index in [4.69, 9.17) is 0 Å². The van der Waals surface area contributed by atoms with E-state index in [0.717, 1.165) is 11.1 Å². The topological polar surface area (TPSA) is 49.4 Å². The minimum atomic E-state index is -0.190. The van der Waals surface area contributed by atoms with Crippen molar-refractivity contribution in [1.82, 2.24) is 4.90 Å². The Balaban J connectivity index is 2.01. The molecule has 0 aliphatic heterocycles. The van der Waals surface area contributed by atoms with E-state index in [-0.39, 0.29) is 17.9 Å². The molecule has 0 aliphatic carbocycles. The van der Waals surface area contributed by atoms with E-state index in [2.05, 4.69) is 5.32 Å². The summed E-state index contributed by atoms with van der Waals surface area (Å²) in [4.78, 5) is 26.6. The number of carbonyl (C=O) groups is 2. The minimum absolute atomic E-state index is 0.0765. The maximum absolute atomic E-state index is 13.4. The molecule has 0 unspecified atom stereocenters. The Morgan fingerprint density at radius 1 is 0.857 bits per heavy atom. The maximum Gasteiger partial charge on any atom is 0.254 e. The number of benzene rings is 3. The van der Waals surface area contributed by atoms with Crippen LogP contribution in [0, 0.1) is 0 Å². The maximum atomic E-state index is 13.4. The van der Waals surface area contributed by atoms with Gasteiger partial charge in [-0.3, -0.25) is 9.59 Å². The summed E-state index contributed by atoms with van der Waals surface area (Å²) in [5, 5.41) is 2.74. The minimum Gasteiger partial charge on any atom is -0.328 e. The van der Waals surface area contributed by atoms with Gasteiger partial charge in [0.15, 0.2) is 0 Å². The molecule has 4 nitrogen and oxygen atoms in total. The van der Waals surface area contributed by atoms with E-state index >= 15 is 0 Å². The van der Waals surface area contributed by atoms with Crippen molar-refractivity contribution in [2.75, 3.05) is 11.9 Å². The Morgan fingerprint density at radius 2 is 1.43 bits per heavy atom. The van der Waals surface area contributed by atoms with Crippen LogP contribution in [0.4, 0.5) is 5.69 Å². The van der Waals surface area contributed by atoms with E-state index in [1.165, 1.54) is 6.92 Å². The molecule has 2 amide bonds. The number of hydrogen-bond acceptors (Lipinski definition) is 2. The lowest BCUT2D eigenvalue weighted by atomic mass is 9.96. The SMILES string of the molecule is CCN(C(=O)c1cccc(NC(C)=O)c1)C(c1ccccc1)c1ccccc1. The first-order chi connectivity index (χ1) is 13.6. The molecule has 1 N–H and O–H groups in total. The van der Waals surface area contributed by atoms with Gasteiger partial charge in [-0.15, -0.1) is 0 Å². The number of amides is 2. The summed E-state index contributed by atoms with van der Waals surface area (Å²) < 4.78 is 0. The fraction of sp³-hybridized carbons (Fsp3) is 0.167. The predicted molar refractivity (Wildman–Crippen MR) is 112 cm³/mol. The Kier molecular flexibility index (Phi) is 6.22. The van der Waals surface area contributed by atoms with Crippen LogP contribution in [0.25, 0.3) is 0 Å². The lowest BCUT2D eigenvalue weighted by Crippen LogP contribution is -2.35. The van der Waals surface area contributed by atoms with Gasteiger partial charge in [-0.1, -0.05) is 66.7 Å². The molecule has 0 spiro atoms. The molecule has 0 aliphatic rings. The van der Waals surface area contributed by atoms with Crippen molar-refractivity contribution in [1.29, 1.82) is 0 Å². The van der Waals surface area contributed by atoms with Gasteiger partial charge >= 0.3 is 0 Å². The van der Waals surface area contributed by atoms with Gasteiger partial charge in [0.05, 0.1) is 6.04 Å². The average Bonchev–Trinajstić information content (AvgIpc) is 2.72. The van der Waals surface area contributed by atoms with Gasteiger partial charge < -0.3 is 10.2 Å². The van der Waals surface area contributed by atoms with Crippen molar-refractivity contribution in [2.24, 2.45) is 0 Å². The van der Waals surface area contributed by atoms with Crippen molar-refractivity contribution < 1.29 is 9.59 Å². The summed E-state index contributed by atoms with van der Waals surface area (Å²) in [6.45, 7) is 3.99. The first-order valence-electron chi connectivity index (χ1n) is 9.38. The fourth-order valence-corrected chi connectivity index (χ4v) is 3.37. The van der Waals surface area contributed by atoms with Gasteiger partial charge in [0.1, 0.15) is 0 Å². The number of nitrogens with zero attached hydrogens (tertiary/aromatic N) is 1. The van der Waals surface area contributed by atoms with Gasteiger partial charge in [0.25, 0.3) is 5.91 Å². The number of hydrogen-bond donors (Lipinski definition) is 1. The fourth-order valence-electron chi connectivity index (χ4n) is 3.37. The molecule has 0 bridgehead atoms. The lowest BCUT2D eigenvalue weighted by Gasteiger charge is -2.32. The lowest BCUT2D eigenvalue weighted by molar-refractivity contribution is -0.114. The Morgan fingerprint density at radius 3 is 1.93 bits per heavy atom. The molecule has 3 aromatic rings. The molecule has 4 heteroatoms. The first-order valence-corrected chi connectivity index (χ1v) is 9.38. The van der Waals surface area contributed by atoms with Crippen molar-refractivity contribution in [2.45, 2.75) is 19.9 Å². The average molecular weight is 372 g/mol. The highest BCUT2D eigenvalue weighted by atomic mass is 16.2. The zero-order valence-corrected chi connectivity index (χ0v) is 16.1. The van der Waals surface area contributed by atoms with E-state index in [1.54, 1.807) is 24.3 Å². The number of carbonyl (C=O) groups excluding carboxylic acids is 2. The van der Waals surface area contributed by atoms with Crippen LogP contribution in [-0.2, 0) is 4.79 Å². The van der Waals surface area contributed by atoms with Crippen LogP contribution in [0.3, 0.4) is 0 Å². The molecule has 142 valence electrons. The number of nitrogens with one attached hydrogen (secondary N) is 1. The van der Waals surface area contributed by atoms with Crippen molar-refractivity contribution >= 4 is 17.5 Å². The van der Waals surface area contributed by atoms with Crippen LogP contribution in [0.5, 0.6) is 0 Å². The molecule has 0 radical (unpaired) electrons. The third-order valence-corrected chi connectivity index (χ3v) is 4.57. The highest BCUT2D eigenvalue weighted by molar-refractivity contribution is 5.97. The summed E-state index contributed by atoms with van der Waals surface area (Å²) in [5.41, 5.74) is 3.28. The van der Waals surface area contributed by atoms with E-state index in [9.17, 15) is 9.59 Å². The van der Waals surface area contributed by atoms with Crippen molar-refractivity contribution in [3.63, 3.8) is 0 Å². The van der Waals surface area contributed by atoms with Crippen LogP contribution >= 0.6 is 0 Å². The number of rotatable bonds is 6.